The van der Waals surface area contributed by atoms with Gasteiger partial charge in [0.2, 0.25) is 0 Å². The maximum absolute atomic E-state index is 10.8. The maximum atomic E-state index is 10.8. The van der Waals surface area contributed by atoms with E-state index in [2.05, 4.69) is 38.4 Å². The van der Waals surface area contributed by atoms with Gasteiger partial charge in [0.15, 0.2) is 0 Å². The van der Waals surface area contributed by atoms with Gasteiger partial charge in [-0.05, 0) is 18.2 Å². The Morgan fingerprint density at radius 1 is 1.53 bits per heavy atom. The highest BCUT2D eigenvalue weighted by Crippen LogP contribution is 2.24. The molecule has 0 saturated carbocycles. The highest BCUT2D eigenvalue weighted by atomic mass is 79.9. The minimum Gasteiger partial charge on any atom is -0.487 e. The molecule has 0 bridgehead atoms. The van der Waals surface area contributed by atoms with Gasteiger partial charge in [0.1, 0.15) is 17.9 Å². The zero-order chi connectivity index (χ0) is 11.4. The third-order valence-corrected chi connectivity index (χ3v) is 2.28. The van der Waals surface area contributed by atoms with Crippen LogP contribution in [0, 0.1) is 0 Å². The van der Waals surface area contributed by atoms with E-state index in [4.69, 9.17) is 9.84 Å². The monoisotopic (exact) mass is 334 g/mol. The summed E-state index contributed by atoms with van der Waals surface area (Å²) in [5, 5.41) is 8.89. The van der Waals surface area contributed by atoms with Crippen LogP contribution in [0.25, 0.3) is 0 Å². The first-order valence-corrected chi connectivity index (χ1v) is 5.58. The van der Waals surface area contributed by atoms with Crippen molar-refractivity contribution in [1.29, 1.82) is 0 Å². The molecule has 0 unspecified atom stereocenters. The third kappa shape index (κ3) is 3.68. The number of carbonyl (C=O) groups is 1. The summed E-state index contributed by atoms with van der Waals surface area (Å²) in [6, 6.07) is 4.75. The molecular formula is C10H8Br2O3. The maximum Gasteiger partial charge on any atom is 0.339 e. The Kier molecular flexibility index (Phi) is 4.35. The average Bonchev–Trinajstić information content (AvgIpc) is 2.14. The van der Waals surface area contributed by atoms with Gasteiger partial charge < -0.3 is 9.84 Å². The summed E-state index contributed by atoms with van der Waals surface area (Å²) in [6.07, 6.45) is 0. The molecule has 1 rings (SSSR count). The van der Waals surface area contributed by atoms with E-state index in [1.165, 1.54) is 6.07 Å². The molecule has 3 nitrogen and oxygen atoms in total. The first kappa shape index (κ1) is 12.3. The standard InChI is InChI=1S/C10H8Br2O3/c1-6(11)5-15-9-4-7(12)2-3-8(9)10(13)14/h2-4H,1,5H2,(H,13,14). The Hall–Kier alpha value is -0.810. The predicted octanol–water partition coefficient (Wildman–Crippen LogP) is 3.43. The van der Waals surface area contributed by atoms with Gasteiger partial charge in [0, 0.05) is 8.96 Å². The van der Waals surface area contributed by atoms with Gasteiger partial charge in [-0.25, -0.2) is 4.79 Å². The minimum atomic E-state index is -1.02. The van der Waals surface area contributed by atoms with Crippen molar-refractivity contribution in [3.05, 3.63) is 39.3 Å². The predicted molar refractivity (Wildman–Crippen MR) is 64.7 cm³/mol. The van der Waals surface area contributed by atoms with E-state index >= 15 is 0 Å². The van der Waals surface area contributed by atoms with Gasteiger partial charge in [0.25, 0.3) is 0 Å². The second-order valence-corrected chi connectivity index (χ2v) is 4.79. The van der Waals surface area contributed by atoms with E-state index in [9.17, 15) is 4.79 Å². The summed E-state index contributed by atoms with van der Waals surface area (Å²) in [5.74, 6) is -0.699. The van der Waals surface area contributed by atoms with Crippen molar-refractivity contribution >= 4 is 37.8 Å². The lowest BCUT2D eigenvalue weighted by Crippen LogP contribution is -2.04. The smallest absolute Gasteiger partial charge is 0.339 e. The molecule has 0 radical (unpaired) electrons. The van der Waals surface area contributed by atoms with Crippen LogP contribution in [0.5, 0.6) is 5.75 Å². The van der Waals surface area contributed by atoms with Crippen molar-refractivity contribution in [2.24, 2.45) is 0 Å². The lowest BCUT2D eigenvalue weighted by Gasteiger charge is -2.08. The number of halogens is 2. The van der Waals surface area contributed by atoms with E-state index in [0.29, 0.717) is 10.2 Å². The molecule has 0 saturated heterocycles. The van der Waals surface area contributed by atoms with Gasteiger partial charge in [-0.1, -0.05) is 38.4 Å². The Morgan fingerprint density at radius 3 is 2.73 bits per heavy atom. The molecule has 0 aromatic heterocycles. The van der Waals surface area contributed by atoms with E-state index in [-0.39, 0.29) is 12.2 Å². The van der Waals surface area contributed by atoms with Crippen LogP contribution in [0.15, 0.2) is 33.7 Å². The quantitative estimate of drug-likeness (QED) is 0.916. The topological polar surface area (TPSA) is 46.5 Å². The average molecular weight is 336 g/mol. The third-order valence-electron chi connectivity index (χ3n) is 1.56. The van der Waals surface area contributed by atoms with Crippen molar-refractivity contribution < 1.29 is 14.6 Å². The normalized spacial score (nSPS) is 9.73. The zero-order valence-corrected chi connectivity index (χ0v) is 10.8. The van der Waals surface area contributed by atoms with E-state index in [1.54, 1.807) is 12.1 Å². The highest BCUT2D eigenvalue weighted by molar-refractivity contribution is 9.11. The summed E-state index contributed by atoms with van der Waals surface area (Å²) < 4.78 is 6.70. The van der Waals surface area contributed by atoms with Crippen LogP contribution in [-0.2, 0) is 0 Å². The minimum absolute atomic E-state index is 0.131. The molecule has 0 amide bonds. The number of carboxylic acid groups (broad SMARTS) is 1. The second kappa shape index (κ2) is 5.32. The molecular weight excluding hydrogens is 328 g/mol. The molecule has 0 spiro atoms. The molecule has 15 heavy (non-hydrogen) atoms. The summed E-state index contributed by atoms with van der Waals surface area (Å²) in [7, 11) is 0. The number of hydrogen-bond donors (Lipinski definition) is 1. The van der Waals surface area contributed by atoms with Crippen LogP contribution in [0.3, 0.4) is 0 Å². The van der Waals surface area contributed by atoms with Crippen LogP contribution in [0.1, 0.15) is 10.4 Å². The summed E-state index contributed by atoms with van der Waals surface area (Å²) in [5.41, 5.74) is 0.131. The van der Waals surface area contributed by atoms with Crippen LogP contribution in [0.2, 0.25) is 0 Å². The molecule has 1 N–H and O–H groups in total. The number of rotatable bonds is 4. The van der Waals surface area contributed by atoms with Crippen molar-refractivity contribution in [3.63, 3.8) is 0 Å². The van der Waals surface area contributed by atoms with Crippen LogP contribution in [-0.4, -0.2) is 17.7 Å². The van der Waals surface area contributed by atoms with Crippen molar-refractivity contribution in [2.45, 2.75) is 0 Å². The lowest BCUT2D eigenvalue weighted by atomic mass is 10.2. The van der Waals surface area contributed by atoms with E-state index in [0.717, 1.165) is 4.47 Å². The van der Waals surface area contributed by atoms with Gasteiger partial charge in [-0.2, -0.15) is 0 Å². The Bertz CT molecular complexity index is 402. The van der Waals surface area contributed by atoms with Crippen LogP contribution < -0.4 is 4.74 Å². The molecule has 0 heterocycles. The number of ether oxygens (including phenoxy) is 1. The molecule has 0 aliphatic carbocycles. The summed E-state index contributed by atoms with van der Waals surface area (Å²) in [6.45, 7) is 3.83. The molecule has 1 aromatic rings. The fraction of sp³-hybridized carbons (Fsp3) is 0.100. The SMILES string of the molecule is C=C(Br)COc1cc(Br)ccc1C(=O)O. The molecule has 0 aliphatic heterocycles. The number of carboxylic acids is 1. The van der Waals surface area contributed by atoms with Gasteiger partial charge in [-0.3, -0.25) is 0 Å². The molecule has 0 aliphatic rings. The summed E-state index contributed by atoms with van der Waals surface area (Å²) >= 11 is 6.38. The van der Waals surface area contributed by atoms with Gasteiger partial charge >= 0.3 is 5.97 Å². The zero-order valence-electron chi connectivity index (χ0n) is 7.67. The lowest BCUT2D eigenvalue weighted by molar-refractivity contribution is 0.0692. The number of hydrogen-bond acceptors (Lipinski definition) is 2. The van der Waals surface area contributed by atoms with Crippen LogP contribution >= 0.6 is 31.9 Å². The Balaban J connectivity index is 2.96. The fourth-order valence-electron chi connectivity index (χ4n) is 0.948. The Labute approximate surface area is 104 Å². The van der Waals surface area contributed by atoms with Crippen molar-refractivity contribution in [3.8, 4) is 5.75 Å². The van der Waals surface area contributed by atoms with Crippen molar-refractivity contribution in [2.75, 3.05) is 6.61 Å². The van der Waals surface area contributed by atoms with Gasteiger partial charge in [0.05, 0.1) is 0 Å². The molecule has 80 valence electrons. The number of benzene rings is 1. The fourth-order valence-corrected chi connectivity index (χ4v) is 1.40. The summed E-state index contributed by atoms with van der Waals surface area (Å²) in [4.78, 5) is 10.8. The number of aromatic carboxylic acids is 1. The molecule has 1 aromatic carbocycles. The first-order valence-electron chi connectivity index (χ1n) is 3.99. The molecule has 5 heteroatoms. The van der Waals surface area contributed by atoms with Crippen molar-refractivity contribution in [1.82, 2.24) is 0 Å². The molecule has 0 atom stereocenters. The second-order valence-electron chi connectivity index (χ2n) is 2.75. The Morgan fingerprint density at radius 2 is 2.20 bits per heavy atom. The van der Waals surface area contributed by atoms with E-state index < -0.39 is 5.97 Å². The van der Waals surface area contributed by atoms with Crippen LogP contribution in [0.4, 0.5) is 0 Å². The first-order chi connectivity index (χ1) is 7.00. The largest absolute Gasteiger partial charge is 0.487 e. The van der Waals surface area contributed by atoms with E-state index in [1.807, 2.05) is 0 Å². The molecule has 0 fully saturated rings. The van der Waals surface area contributed by atoms with Gasteiger partial charge in [-0.15, -0.1) is 0 Å². The highest BCUT2D eigenvalue weighted by Gasteiger charge is 2.11.